The highest BCUT2D eigenvalue weighted by atomic mass is 16.5. The van der Waals surface area contributed by atoms with Crippen LogP contribution in [0.2, 0.25) is 0 Å². The van der Waals surface area contributed by atoms with Crippen molar-refractivity contribution in [2.75, 3.05) is 20.2 Å². The van der Waals surface area contributed by atoms with Crippen LogP contribution in [-0.4, -0.2) is 48.3 Å². The van der Waals surface area contributed by atoms with Crippen molar-refractivity contribution in [1.82, 2.24) is 10.2 Å². The minimum Gasteiger partial charge on any atom is -0.496 e. The Morgan fingerprint density at radius 2 is 1.74 bits per heavy atom. The van der Waals surface area contributed by atoms with Gasteiger partial charge in [-0.15, -0.1) is 0 Å². The summed E-state index contributed by atoms with van der Waals surface area (Å²) in [5.41, 5.74) is 1.24. The van der Waals surface area contributed by atoms with Crippen LogP contribution >= 0.6 is 0 Å². The Morgan fingerprint density at radius 3 is 2.44 bits per heavy atom. The highest BCUT2D eigenvalue weighted by Gasteiger charge is 2.43. The molecule has 2 heterocycles. The van der Waals surface area contributed by atoms with Crippen LogP contribution in [0.15, 0.2) is 59.6 Å². The van der Waals surface area contributed by atoms with Gasteiger partial charge in [0.05, 0.1) is 12.7 Å². The molecule has 0 atom stereocenters. The van der Waals surface area contributed by atoms with E-state index in [1.807, 2.05) is 42.5 Å². The number of rotatable bonds is 3. The van der Waals surface area contributed by atoms with Crippen molar-refractivity contribution in [2.45, 2.75) is 18.5 Å². The van der Waals surface area contributed by atoms with Gasteiger partial charge in [0.1, 0.15) is 17.1 Å². The molecule has 2 aromatic carbocycles. The summed E-state index contributed by atoms with van der Waals surface area (Å²) < 4.78 is 5.30. The van der Waals surface area contributed by atoms with Gasteiger partial charge in [-0.3, -0.25) is 14.6 Å². The Balaban J connectivity index is 1.50. The van der Waals surface area contributed by atoms with E-state index < -0.39 is 5.66 Å². The molecule has 2 amide bonds. The van der Waals surface area contributed by atoms with Gasteiger partial charge in [0.2, 0.25) is 0 Å². The van der Waals surface area contributed by atoms with E-state index in [-0.39, 0.29) is 11.8 Å². The number of likely N-dealkylation sites (tertiary alicyclic amines) is 1. The van der Waals surface area contributed by atoms with Gasteiger partial charge in [-0.2, -0.15) is 0 Å². The molecule has 1 N–H and O–H groups in total. The van der Waals surface area contributed by atoms with Crippen molar-refractivity contribution >= 4 is 17.5 Å². The molecule has 0 aromatic heterocycles. The van der Waals surface area contributed by atoms with E-state index in [1.165, 1.54) is 0 Å². The maximum absolute atomic E-state index is 12.9. The van der Waals surface area contributed by atoms with Gasteiger partial charge in [0.25, 0.3) is 11.8 Å². The summed E-state index contributed by atoms with van der Waals surface area (Å²) in [5.74, 6) is 0.367. The third-order valence-corrected chi connectivity index (χ3v) is 5.15. The van der Waals surface area contributed by atoms with Crippen molar-refractivity contribution in [1.29, 1.82) is 0 Å². The van der Waals surface area contributed by atoms with Crippen molar-refractivity contribution in [3.63, 3.8) is 0 Å². The van der Waals surface area contributed by atoms with E-state index in [4.69, 9.17) is 9.73 Å². The fourth-order valence-corrected chi connectivity index (χ4v) is 3.66. The number of hydrogen-bond donors (Lipinski definition) is 1. The van der Waals surface area contributed by atoms with E-state index in [9.17, 15) is 9.59 Å². The van der Waals surface area contributed by atoms with Gasteiger partial charge in [0, 0.05) is 31.5 Å². The molecule has 27 heavy (non-hydrogen) atoms. The predicted molar refractivity (Wildman–Crippen MR) is 102 cm³/mol. The smallest absolute Gasteiger partial charge is 0.272 e. The van der Waals surface area contributed by atoms with Crippen LogP contribution in [0.4, 0.5) is 0 Å². The highest BCUT2D eigenvalue weighted by Crippen LogP contribution is 2.30. The summed E-state index contributed by atoms with van der Waals surface area (Å²) in [6, 6.07) is 16.7. The maximum Gasteiger partial charge on any atom is 0.272 e. The van der Waals surface area contributed by atoms with E-state index in [0.29, 0.717) is 43.0 Å². The third kappa shape index (κ3) is 3.18. The first-order chi connectivity index (χ1) is 13.1. The lowest BCUT2D eigenvalue weighted by molar-refractivity contribution is -0.115. The minimum atomic E-state index is -0.611. The van der Waals surface area contributed by atoms with Gasteiger partial charge in [0.15, 0.2) is 0 Å². The van der Waals surface area contributed by atoms with Crippen LogP contribution in [0.5, 0.6) is 5.75 Å². The zero-order valence-electron chi connectivity index (χ0n) is 15.1. The van der Waals surface area contributed by atoms with Crippen LogP contribution in [-0.2, 0) is 4.79 Å². The average molecular weight is 363 g/mol. The van der Waals surface area contributed by atoms with Gasteiger partial charge in [-0.25, -0.2) is 0 Å². The molecule has 0 aliphatic carbocycles. The Labute approximate surface area is 157 Å². The molecular weight excluding hydrogens is 342 g/mol. The monoisotopic (exact) mass is 363 g/mol. The lowest BCUT2D eigenvalue weighted by Crippen LogP contribution is -2.52. The van der Waals surface area contributed by atoms with Gasteiger partial charge in [-0.1, -0.05) is 42.5 Å². The summed E-state index contributed by atoms with van der Waals surface area (Å²) in [4.78, 5) is 31.8. The molecule has 6 heteroatoms. The first kappa shape index (κ1) is 17.3. The first-order valence-electron chi connectivity index (χ1n) is 9.02. The second-order valence-corrected chi connectivity index (χ2v) is 6.80. The number of para-hydroxylation sites is 1. The molecule has 2 aliphatic rings. The number of nitrogens with zero attached hydrogens (tertiary/aromatic N) is 2. The number of carbonyl (C=O) groups is 2. The Morgan fingerprint density at radius 1 is 1.07 bits per heavy atom. The fourth-order valence-electron chi connectivity index (χ4n) is 3.66. The predicted octanol–water partition coefficient (Wildman–Crippen LogP) is 2.25. The second kappa shape index (κ2) is 6.87. The number of nitrogens with one attached hydrogen (secondary N) is 1. The SMILES string of the molecule is COc1ccccc1C(=O)N1CCC2(CC1)N=C(c1ccccc1)C(=O)N2. The Bertz CT molecular complexity index is 900. The molecule has 1 fully saturated rings. The van der Waals surface area contributed by atoms with E-state index in [2.05, 4.69) is 5.32 Å². The molecule has 4 rings (SSSR count). The number of carbonyl (C=O) groups excluding carboxylic acids is 2. The topological polar surface area (TPSA) is 71.0 Å². The molecule has 2 aromatic rings. The van der Waals surface area contributed by atoms with E-state index in [0.717, 1.165) is 5.56 Å². The Kier molecular flexibility index (Phi) is 4.39. The molecule has 2 aliphatic heterocycles. The fraction of sp³-hybridized carbons (Fsp3) is 0.286. The van der Waals surface area contributed by atoms with Crippen LogP contribution < -0.4 is 10.1 Å². The number of methoxy groups -OCH3 is 1. The zero-order chi connectivity index (χ0) is 18.9. The third-order valence-electron chi connectivity index (χ3n) is 5.15. The summed E-state index contributed by atoms with van der Waals surface area (Å²) in [7, 11) is 1.56. The average Bonchev–Trinajstić information content (AvgIpc) is 3.04. The molecule has 0 saturated carbocycles. The van der Waals surface area contributed by atoms with E-state index in [1.54, 1.807) is 24.1 Å². The summed E-state index contributed by atoms with van der Waals surface area (Å²) in [5, 5.41) is 3.03. The minimum absolute atomic E-state index is 0.0566. The lowest BCUT2D eigenvalue weighted by atomic mass is 9.97. The van der Waals surface area contributed by atoms with Crippen molar-refractivity contribution in [3.8, 4) is 5.75 Å². The second-order valence-electron chi connectivity index (χ2n) is 6.80. The number of piperidine rings is 1. The first-order valence-corrected chi connectivity index (χ1v) is 9.02. The van der Waals surface area contributed by atoms with Crippen LogP contribution in [0.1, 0.15) is 28.8 Å². The summed E-state index contributed by atoms with van der Waals surface area (Å²) in [6.07, 6.45) is 1.19. The number of aliphatic imine (C=N–C) groups is 1. The summed E-state index contributed by atoms with van der Waals surface area (Å²) in [6.45, 7) is 1.06. The van der Waals surface area contributed by atoms with Gasteiger partial charge < -0.3 is 15.0 Å². The number of hydrogen-bond acceptors (Lipinski definition) is 4. The molecule has 6 nitrogen and oxygen atoms in total. The number of benzene rings is 2. The molecule has 0 bridgehead atoms. The zero-order valence-corrected chi connectivity index (χ0v) is 15.1. The molecule has 138 valence electrons. The maximum atomic E-state index is 12.9. The largest absolute Gasteiger partial charge is 0.496 e. The Hall–Kier alpha value is -3.15. The normalized spacial score (nSPS) is 18.2. The van der Waals surface area contributed by atoms with Crippen LogP contribution in [0.3, 0.4) is 0 Å². The van der Waals surface area contributed by atoms with Crippen molar-refractivity contribution in [2.24, 2.45) is 4.99 Å². The quantitative estimate of drug-likeness (QED) is 0.909. The molecule has 0 unspecified atom stereocenters. The molecule has 0 radical (unpaired) electrons. The van der Waals surface area contributed by atoms with E-state index >= 15 is 0 Å². The lowest BCUT2D eigenvalue weighted by Gasteiger charge is -2.37. The van der Waals surface area contributed by atoms with Crippen LogP contribution in [0.25, 0.3) is 0 Å². The number of ether oxygens (including phenoxy) is 1. The molecule has 1 spiro atoms. The number of amides is 2. The summed E-state index contributed by atoms with van der Waals surface area (Å²) >= 11 is 0. The molecular formula is C21H21N3O3. The van der Waals surface area contributed by atoms with Crippen molar-refractivity contribution < 1.29 is 14.3 Å². The standard InChI is InChI=1S/C21H21N3O3/c1-27-17-10-6-5-9-16(17)20(26)24-13-11-21(12-14-24)22-18(19(25)23-21)15-7-3-2-4-8-15/h2-10H,11-14H2,1H3,(H,23,25). The van der Waals surface area contributed by atoms with Gasteiger partial charge >= 0.3 is 0 Å². The molecule has 1 saturated heterocycles. The highest BCUT2D eigenvalue weighted by molar-refractivity contribution is 6.46. The van der Waals surface area contributed by atoms with Gasteiger partial charge in [-0.05, 0) is 12.1 Å². The van der Waals surface area contributed by atoms with Crippen molar-refractivity contribution in [3.05, 3.63) is 65.7 Å². The van der Waals surface area contributed by atoms with Crippen LogP contribution in [0, 0.1) is 0 Å².